The minimum absolute atomic E-state index is 0.159. The molecule has 3 rings (SSSR count). The van der Waals surface area contributed by atoms with Crippen LogP contribution in [0.15, 0.2) is 54.9 Å². The lowest BCUT2D eigenvalue weighted by Gasteiger charge is -2.07. The summed E-state index contributed by atoms with van der Waals surface area (Å²) in [6, 6.07) is 13.3. The maximum atomic E-state index is 14.1. The normalized spacial score (nSPS) is 10.8. The van der Waals surface area contributed by atoms with E-state index >= 15 is 0 Å². The first-order valence-corrected chi connectivity index (χ1v) is 6.40. The Morgan fingerprint density at radius 2 is 1.89 bits per heavy atom. The van der Waals surface area contributed by atoms with Crippen LogP contribution in [0.2, 0.25) is 0 Å². The number of benzene rings is 2. The molecule has 0 atom stereocenters. The predicted molar refractivity (Wildman–Crippen MR) is 76.5 cm³/mol. The molecule has 1 heterocycles. The topological polar surface area (TPSA) is 12.9 Å². The monoisotopic (exact) mass is 251 g/mol. The van der Waals surface area contributed by atoms with Crippen LogP contribution in [0.1, 0.15) is 12.5 Å². The van der Waals surface area contributed by atoms with Crippen molar-refractivity contribution in [3.63, 3.8) is 0 Å². The largest absolute Gasteiger partial charge is 0.264 e. The molecule has 0 aliphatic carbocycles. The summed E-state index contributed by atoms with van der Waals surface area (Å²) in [6.07, 6.45) is 4.42. The summed E-state index contributed by atoms with van der Waals surface area (Å²) >= 11 is 0. The van der Waals surface area contributed by atoms with Crippen molar-refractivity contribution in [2.45, 2.75) is 13.3 Å². The quantitative estimate of drug-likeness (QED) is 0.648. The molecule has 0 N–H and O–H groups in total. The van der Waals surface area contributed by atoms with Crippen molar-refractivity contribution in [3.05, 3.63) is 66.2 Å². The molecule has 0 unspecified atom stereocenters. The third-order valence-electron chi connectivity index (χ3n) is 3.39. The fourth-order valence-electron chi connectivity index (χ4n) is 2.26. The van der Waals surface area contributed by atoms with Gasteiger partial charge in [-0.25, -0.2) is 4.39 Å². The highest BCUT2D eigenvalue weighted by Crippen LogP contribution is 2.27. The first-order valence-electron chi connectivity index (χ1n) is 6.40. The van der Waals surface area contributed by atoms with E-state index in [9.17, 15) is 4.39 Å². The van der Waals surface area contributed by atoms with Crippen LogP contribution < -0.4 is 0 Å². The summed E-state index contributed by atoms with van der Waals surface area (Å²) in [5, 5.41) is 2.14. The number of rotatable bonds is 2. The summed E-state index contributed by atoms with van der Waals surface area (Å²) < 4.78 is 14.1. The van der Waals surface area contributed by atoms with E-state index in [1.807, 2.05) is 49.5 Å². The number of halogens is 1. The fourth-order valence-corrected chi connectivity index (χ4v) is 2.26. The molecule has 1 aromatic heterocycles. The Morgan fingerprint density at radius 3 is 2.68 bits per heavy atom. The third-order valence-corrected chi connectivity index (χ3v) is 3.39. The lowest BCUT2D eigenvalue weighted by molar-refractivity contribution is 0.629. The average Bonchev–Trinajstić information content (AvgIpc) is 2.46. The van der Waals surface area contributed by atoms with Crippen LogP contribution >= 0.6 is 0 Å². The molecule has 0 fully saturated rings. The Morgan fingerprint density at radius 1 is 1.00 bits per heavy atom. The van der Waals surface area contributed by atoms with Gasteiger partial charge in [0.25, 0.3) is 0 Å². The molecule has 19 heavy (non-hydrogen) atoms. The lowest BCUT2D eigenvalue weighted by atomic mass is 10.00. The van der Waals surface area contributed by atoms with Gasteiger partial charge in [-0.05, 0) is 41.1 Å². The Labute approximate surface area is 111 Å². The number of pyridine rings is 1. The third kappa shape index (κ3) is 2.22. The number of aryl methyl sites for hydroxylation is 1. The van der Waals surface area contributed by atoms with E-state index < -0.39 is 0 Å². The number of hydrogen-bond donors (Lipinski definition) is 0. The fraction of sp³-hybridized carbons (Fsp3) is 0.118. The molecule has 0 amide bonds. The molecule has 1 nitrogen and oxygen atoms in total. The highest BCUT2D eigenvalue weighted by Gasteiger charge is 2.06. The number of aromatic nitrogens is 1. The second kappa shape index (κ2) is 4.81. The summed E-state index contributed by atoms with van der Waals surface area (Å²) in [6.45, 7) is 2.03. The molecule has 0 aliphatic heterocycles. The van der Waals surface area contributed by atoms with E-state index in [2.05, 4.69) is 4.98 Å². The Hall–Kier alpha value is -2.22. The molecule has 0 saturated heterocycles. The van der Waals surface area contributed by atoms with Crippen LogP contribution in [-0.2, 0) is 6.42 Å². The molecular weight excluding hydrogens is 237 g/mol. The van der Waals surface area contributed by atoms with Gasteiger partial charge in [0.15, 0.2) is 0 Å². The van der Waals surface area contributed by atoms with Gasteiger partial charge >= 0.3 is 0 Å². The Balaban J connectivity index is 2.13. The first-order chi connectivity index (χ1) is 9.28. The molecule has 94 valence electrons. The maximum absolute atomic E-state index is 14.1. The van der Waals surface area contributed by atoms with Crippen LogP contribution in [0.5, 0.6) is 0 Å². The van der Waals surface area contributed by atoms with Gasteiger partial charge in [0.1, 0.15) is 5.82 Å². The van der Waals surface area contributed by atoms with E-state index in [1.54, 1.807) is 12.3 Å². The Bertz CT molecular complexity index is 734. The van der Waals surface area contributed by atoms with Gasteiger partial charge in [-0.2, -0.15) is 0 Å². The van der Waals surface area contributed by atoms with Gasteiger partial charge in [0.05, 0.1) is 0 Å². The zero-order chi connectivity index (χ0) is 13.2. The minimum Gasteiger partial charge on any atom is -0.264 e. The number of fused-ring (bicyclic) bond motifs is 1. The Kier molecular flexibility index (Phi) is 3.00. The summed E-state index contributed by atoms with van der Waals surface area (Å²) in [5.74, 6) is -0.159. The van der Waals surface area contributed by atoms with Crippen LogP contribution in [0.3, 0.4) is 0 Å². The summed E-state index contributed by atoms with van der Waals surface area (Å²) in [7, 11) is 0. The maximum Gasteiger partial charge on any atom is 0.131 e. The zero-order valence-electron chi connectivity index (χ0n) is 10.7. The van der Waals surface area contributed by atoms with Gasteiger partial charge in [-0.3, -0.25) is 4.98 Å². The average molecular weight is 251 g/mol. The second-order valence-electron chi connectivity index (χ2n) is 4.61. The van der Waals surface area contributed by atoms with Crippen molar-refractivity contribution in [3.8, 4) is 11.1 Å². The molecule has 0 saturated carbocycles. The molecule has 0 spiro atoms. The summed E-state index contributed by atoms with van der Waals surface area (Å²) in [5.41, 5.74) is 2.57. The molecule has 0 bridgehead atoms. The van der Waals surface area contributed by atoms with Crippen molar-refractivity contribution in [1.82, 2.24) is 4.98 Å². The molecule has 0 radical (unpaired) electrons. The summed E-state index contributed by atoms with van der Waals surface area (Å²) in [4.78, 5) is 4.08. The predicted octanol–water partition coefficient (Wildman–Crippen LogP) is 4.60. The number of nitrogens with zero attached hydrogens (tertiary/aromatic N) is 1. The van der Waals surface area contributed by atoms with Crippen molar-refractivity contribution < 1.29 is 4.39 Å². The minimum atomic E-state index is -0.159. The van der Waals surface area contributed by atoms with Gasteiger partial charge in [0, 0.05) is 23.3 Å². The van der Waals surface area contributed by atoms with Gasteiger partial charge < -0.3 is 0 Å². The molecule has 3 aromatic rings. The number of hydrogen-bond acceptors (Lipinski definition) is 1. The van der Waals surface area contributed by atoms with Crippen LogP contribution in [0.25, 0.3) is 21.9 Å². The van der Waals surface area contributed by atoms with Crippen LogP contribution in [0, 0.1) is 5.82 Å². The van der Waals surface area contributed by atoms with Crippen LogP contribution in [0.4, 0.5) is 4.39 Å². The zero-order valence-corrected chi connectivity index (χ0v) is 10.7. The van der Waals surface area contributed by atoms with E-state index in [4.69, 9.17) is 0 Å². The van der Waals surface area contributed by atoms with E-state index in [0.717, 1.165) is 28.3 Å². The van der Waals surface area contributed by atoms with E-state index in [-0.39, 0.29) is 5.82 Å². The molecular formula is C17H14FN. The standard InChI is InChI=1S/C17H14FN/c1-2-12-3-6-16(17(18)9-12)14-4-5-15-11-19-8-7-13(15)10-14/h3-11H,2H2,1H3. The van der Waals surface area contributed by atoms with Crippen molar-refractivity contribution >= 4 is 10.8 Å². The molecule has 2 heteroatoms. The van der Waals surface area contributed by atoms with Gasteiger partial charge in [0.2, 0.25) is 0 Å². The lowest BCUT2D eigenvalue weighted by Crippen LogP contribution is -1.88. The van der Waals surface area contributed by atoms with Crippen molar-refractivity contribution in [2.24, 2.45) is 0 Å². The smallest absolute Gasteiger partial charge is 0.131 e. The molecule has 0 aliphatic rings. The first kappa shape index (κ1) is 11.8. The highest BCUT2D eigenvalue weighted by atomic mass is 19.1. The molecule has 2 aromatic carbocycles. The van der Waals surface area contributed by atoms with E-state index in [0.29, 0.717) is 5.56 Å². The van der Waals surface area contributed by atoms with Crippen LogP contribution in [-0.4, -0.2) is 4.98 Å². The van der Waals surface area contributed by atoms with Gasteiger partial charge in [-0.1, -0.05) is 31.2 Å². The van der Waals surface area contributed by atoms with Crippen molar-refractivity contribution in [1.29, 1.82) is 0 Å². The SMILES string of the molecule is CCc1ccc(-c2ccc3cnccc3c2)c(F)c1. The second-order valence-corrected chi connectivity index (χ2v) is 4.61. The van der Waals surface area contributed by atoms with E-state index in [1.165, 1.54) is 0 Å². The highest BCUT2D eigenvalue weighted by molar-refractivity contribution is 5.86. The van der Waals surface area contributed by atoms with Gasteiger partial charge in [-0.15, -0.1) is 0 Å². The van der Waals surface area contributed by atoms with Crippen molar-refractivity contribution in [2.75, 3.05) is 0 Å².